The van der Waals surface area contributed by atoms with Gasteiger partial charge in [0.1, 0.15) is 0 Å². The van der Waals surface area contributed by atoms with Gasteiger partial charge in [-0.2, -0.15) is 0 Å². The molecule has 0 saturated carbocycles. The first-order valence-electron chi connectivity index (χ1n) is 5.70. The van der Waals surface area contributed by atoms with E-state index in [0.29, 0.717) is 22.2 Å². The van der Waals surface area contributed by atoms with Crippen LogP contribution in [0.25, 0.3) is 0 Å². The predicted octanol–water partition coefficient (Wildman–Crippen LogP) is 3.28. The summed E-state index contributed by atoms with van der Waals surface area (Å²) in [6.07, 6.45) is 1.27. The van der Waals surface area contributed by atoms with E-state index in [4.69, 9.17) is 28.3 Å². The molecule has 0 radical (unpaired) electrons. The van der Waals surface area contributed by atoms with Gasteiger partial charge in [0, 0.05) is 17.7 Å². The summed E-state index contributed by atoms with van der Waals surface area (Å²) < 4.78 is 0. The molecule has 0 saturated heterocycles. The number of nitrogens with one attached hydrogen (secondary N) is 2. The maximum atomic E-state index is 11.7. The molecule has 1 rings (SSSR count). The molecule has 1 aromatic carbocycles. The van der Waals surface area contributed by atoms with E-state index in [1.54, 1.807) is 18.2 Å². The van der Waals surface area contributed by atoms with Gasteiger partial charge in [-0.05, 0) is 31.0 Å². The Morgan fingerprint density at radius 1 is 1.44 bits per heavy atom. The molecule has 4 nitrogen and oxygen atoms in total. The van der Waals surface area contributed by atoms with Crippen LogP contribution in [0.15, 0.2) is 18.2 Å². The molecule has 6 heteroatoms. The predicted molar refractivity (Wildman–Crippen MR) is 74.4 cm³/mol. The van der Waals surface area contributed by atoms with Crippen LogP contribution in [-0.2, 0) is 0 Å². The van der Waals surface area contributed by atoms with Gasteiger partial charge >= 0.3 is 6.03 Å². The third-order valence-electron chi connectivity index (χ3n) is 2.48. The molecule has 0 spiro atoms. The van der Waals surface area contributed by atoms with Gasteiger partial charge in [0.05, 0.1) is 10.7 Å². The highest BCUT2D eigenvalue weighted by atomic mass is 35.5. The van der Waals surface area contributed by atoms with Gasteiger partial charge < -0.3 is 15.7 Å². The van der Waals surface area contributed by atoms with Gasteiger partial charge in [0.25, 0.3) is 0 Å². The lowest BCUT2D eigenvalue weighted by molar-refractivity contribution is 0.237. The van der Waals surface area contributed by atoms with Crippen LogP contribution in [0.4, 0.5) is 10.5 Å². The summed E-state index contributed by atoms with van der Waals surface area (Å²) in [6.45, 7) is 1.98. The maximum Gasteiger partial charge on any atom is 0.319 e. The molecule has 2 amide bonds. The van der Waals surface area contributed by atoms with E-state index in [2.05, 4.69) is 10.6 Å². The molecule has 0 aliphatic heterocycles. The van der Waals surface area contributed by atoms with Crippen molar-refractivity contribution in [2.24, 2.45) is 0 Å². The number of carbonyl (C=O) groups is 1. The van der Waals surface area contributed by atoms with Crippen molar-refractivity contribution in [2.45, 2.75) is 25.8 Å². The Balaban J connectivity index is 2.61. The smallest absolute Gasteiger partial charge is 0.319 e. The van der Waals surface area contributed by atoms with E-state index >= 15 is 0 Å². The average molecular weight is 291 g/mol. The highest BCUT2D eigenvalue weighted by Gasteiger charge is 2.11. The molecule has 1 aromatic rings. The van der Waals surface area contributed by atoms with Crippen LogP contribution in [0.5, 0.6) is 0 Å². The highest BCUT2D eigenvalue weighted by molar-refractivity contribution is 6.35. The van der Waals surface area contributed by atoms with Crippen LogP contribution in [0.1, 0.15) is 19.8 Å². The third kappa shape index (κ3) is 4.72. The highest BCUT2D eigenvalue weighted by Crippen LogP contribution is 2.25. The SMILES string of the molecule is CCC(CCO)NC(=O)Nc1cc(Cl)ccc1Cl. The van der Waals surface area contributed by atoms with Crippen molar-refractivity contribution in [1.82, 2.24) is 5.32 Å². The number of rotatable bonds is 5. The summed E-state index contributed by atoms with van der Waals surface area (Å²) in [5.74, 6) is 0. The number of anilines is 1. The number of hydrogen-bond acceptors (Lipinski definition) is 2. The second-order valence-corrected chi connectivity index (χ2v) is 4.68. The standard InChI is InChI=1S/C12H16Cl2N2O2/c1-2-9(5-6-17)15-12(18)16-11-7-8(13)3-4-10(11)14/h3-4,7,9,17H,2,5-6H2,1H3,(H2,15,16,18). The zero-order valence-corrected chi connectivity index (χ0v) is 11.6. The fourth-order valence-corrected chi connectivity index (χ4v) is 1.81. The maximum absolute atomic E-state index is 11.7. The number of urea groups is 1. The molecular formula is C12H16Cl2N2O2. The molecule has 0 aliphatic rings. The molecule has 0 aromatic heterocycles. The Labute approximate surface area is 116 Å². The van der Waals surface area contributed by atoms with Crippen LogP contribution < -0.4 is 10.6 Å². The number of carbonyl (C=O) groups excluding carboxylic acids is 1. The van der Waals surface area contributed by atoms with Crippen molar-refractivity contribution < 1.29 is 9.90 Å². The number of hydrogen-bond donors (Lipinski definition) is 3. The number of aliphatic hydroxyl groups excluding tert-OH is 1. The minimum absolute atomic E-state index is 0.0384. The normalized spacial score (nSPS) is 12.0. The number of halogens is 2. The van der Waals surface area contributed by atoms with Crippen molar-refractivity contribution >= 4 is 34.9 Å². The molecule has 0 fully saturated rings. The minimum atomic E-state index is -0.362. The first-order chi connectivity index (χ1) is 8.56. The third-order valence-corrected chi connectivity index (χ3v) is 3.05. The van der Waals surface area contributed by atoms with Crippen molar-refractivity contribution in [3.63, 3.8) is 0 Å². The quantitative estimate of drug-likeness (QED) is 0.779. The monoisotopic (exact) mass is 290 g/mol. The Hall–Kier alpha value is -0.970. The van der Waals surface area contributed by atoms with Crippen LogP contribution in [0.3, 0.4) is 0 Å². The Morgan fingerprint density at radius 3 is 2.78 bits per heavy atom. The summed E-state index contributed by atoms with van der Waals surface area (Å²) >= 11 is 11.8. The molecular weight excluding hydrogens is 275 g/mol. The molecule has 0 aliphatic carbocycles. The van der Waals surface area contributed by atoms with E-state index in [9.17, 15) is 4.79 Å². The first kappa shape index (κ1) is 15.1. The summed E-state index contributed by atoms with van der Waals surface area (Å²) in [7, 11) is 0. The minimum Gasteiger partial charge on any atom is -0.396 e. The summed E-state index contributed by atoms with van der Waals surface area (Å²) in [5, 5.41) is 15.1. The molecule has 3 N–H and O–H groups in total. The number of aliphatic hydroxyl groups is 1. The van der Waals surface area contributed by atoms with Crippen LogP contribution in [0, 0.1) is 0 Å². The van der Waals surface area contributed by atoms with Crippen LogP contribution >= 0.6 is 23.2 Å². The van der Waals surface area contributed by atoms with Crippen LogP contribution in [0.2, 0.25) is 10.0 Å². The fourth-order valence-electron chi connectivity index (χ4n) is 1.47. The number of amides is 2. The van der Waals surface area contributed by atoms with Gasteiger partial charge in [-0.15, -0.1) is 0 Å². The molecule has 1 unspecified atom stereocenters. The molecule has 18 heavy (non-hydrogen) atoms. The lowest BCUT2D eigenvalue weighted by Crippen LogP contribution is -2.38. The van der Waals surface area contributed by atoms with E-state index in [0.717, 1.165) is 6.42 Å². The van der Waals surface area contributed by atoms with Crippen molar-refractivity contribution in [3.8, 4) is 0 Å². The Kier molecular flexibility index (Phi) is 6.25. The lowest BCUT2D eigenvalue weighted by atomic mass is 10.2. The van der Waals surface area contributed by atoms with Gasteiger partial charge in [-0.3, -0.25) is 0 Å². The molecule has 1 atom stereocenters. The fraction of sp³-hybridized carbons (Fsp3) is 0.417. The van der Waals surface area contributed by atoms with E-state index in [1.807, 2.05) is 6.92 Å². The largest absolute Gasteiger partial charge is 0.396 e. The zero-order valence-electron chi connectivity index (χ0n) is 10.0. The summed E-state index contributed by atoms with van der Waals surface area (Å²) in [5.41, 5.74) is 0.459. The van der Waals surface area contributed by atoms with Gasteiger partial charge in [0.15, 0.2) is 0 Å². The Morgan fingerprint density at radius 2 is 2.17 bits per heavy atom. The molecule has 100 valence electrons. The van der Waals surface area contributed by atoms with Gasteiger partial charge in [-0.25, -0.2) is 4.79 Å². The van der Waals surface area contributed by atoms with Crippen molar-refractivity contribution in [1.29, 1.82) is 0 Å². The first-order valence-corrected chi connectivity index (χ1v) is 6.45. The molecule has 0 bridgehead atoms. The topological polar surface area (TPSA) is 61.4 Å². The second kappa shape index (κ2) is 7.46. The van der Waals surface area contributed by atoms with E-state index in [1.165, 1.54) is 0 Å². The Bertz CT molecular complexity index is 413. The number of benzene rings is 1. The summed E-state index contributed by atoms with van der Waals surface area (Å²) in [4.78, 5) is 11.7. The van der Waals surface area contributed by atoms with Gasteiger partial charge in [0.2, 0.25) is 0 Å². The van der Waals surface area contributed by atoms with Crippen molar-refractivity contribution in [3.05, 3.63) is 28.2 Å². The summed E-state index contributed by atoms with van der Waals surface area (Å²) in [6, 6.07) is 4.42. The average Bonchev–Trinajstić information content (AvgIpc) is 2.33. The zero-order chi connectivity index (χ0) is 13.5. The second-order valence-electron chi connectivity index (χ2n) is 3.84. The van der Waals surface area contributed by atoms with Crippen LogP contribution in [-0.4, -0.2) is 23.8 Å². The molecule has 0 heterocycles. The van der Waals surface area contributed by atoms with E-state index in [-0.39, 0.29) is 18.7 Å². The van der Waals surface area contributed by atoms with E-state index < -0.39 is 0 Å². The van der Waals surface area contributed by atoms with Gasteiger partial charge in [-0.1, -0.05) is 30.1 Å². The lowest BCUT2D eigenvalue weighted by Gasteiger charge is -2.16. The van der Waals surface area contributed by atoms with Crippen molar-refractivity contribution in [2.75, 3.05) is 11.9 Å².